The van der Waals surface area contributed by atoms with Crippen molar-refractivity contribution in [3.63, 3.8) is 0 Å². The summed E-state index contributed by atoms with van der Waals surface area (Å²) < 4.78 is 11.1. The Balaban J connectivity index is 1.81. The number of carbonyl (C=O) groups is 1. The lowest BCUT2D eigenvalue weighted by molar-refractivity contribution is 0.0820. The van der Waals surface area contributed by atoms with Crippen LogP contribution >= 0.6 is 0 Å². The molecule has 3 aromatic rings. The Morgan fingerprint density at radius 2 is 1.58 bits per heavy atom. The molecule has 0 heterocycles. The van der Waals surface area contributed by atoms with Crippen LogP contribution in [-0.4, -0.2) is 12.8 Å². The molecular formula is C23H26O3. The van der Waals surface area contributed by atoms with Gasteiger partial charge in [0.1, 0.15) is 5.75 Å². The SMILES string of the molecule is CCCCC(CC)COC(=O)Oc1c2ccccc2cc2ccccc12. The van der Waals surface area contributed by atoms with Crippen LogP contribution in [-0.2, 0) is 4.74 Å². The van der Waals surface area contributed by atoms with Crippen LogP contribution in [0, 0.1) is 5.92 Å². The zero-order chi connectivity index (χ0) is 18.4. The average Bonchev–Trinajstić information content (AvgIpc) is 2.68. The quantitative estimate of drug-likeness (QED) is 0.269. The molecule has 136 valence electrons. The van der Waals surface area contributed by atoms with Crippen molar-refractivity contribution < 1.29 is 14.3 Å². The van der Waals surface area contributed by atoms with Crippen LogP contribution in [0.5, 0.6) is 5.75 Å². The number of carbonyl (C=O) groups excluding carboxylic acids is 1. The largest absolute Gasteiger partial charge is 0.513 e. The predicted molar refractivity (Wildman–Crippen MR) is 107 cm³/mol. The van der Waals surface area contributed by atoms with Gasteiger partial charge in [-0.05, 0) is 29.2 Å². The Hall–Kier alpha value is -2.55. The first-order valence-corrected chi connectivity index (χ1v) is 9.48. The summed E-state index contributed by atoms with van der Waals surface area (Å²) in [6, 6.07) is 18.0. The molecule has 0 radical (unpaired) electrons. The first-order valence-electron chi connectivity index (χ1n) is 9.48. The summed E-state index contributed by atoms with van der Waals surface area (Å²) in [6.45, 7) is 4.72. The molecule has 0 amide bonds. The van der Waals surface area contributed by atoms with Gasteiger partial charge in [0.15, 0.2) is 0 Å². The Kier molecular flexibility index (Phi) is 6.11. The van der Waals surface area contributed by atoms with Gasteiger partial charge in [-0.1, -0.05) is 81.6 Å². The fraction of sp³-hybridized carbons (Fsp3) is 0.348. The number of hydrogen-bond acceptors (Lipinski definition) is 3. The first kappa shape index (κ1) is 18.2. The number of hydrogen-bond donors (Lipinski definition) is 0. The highest BCUT2D eigenvalue weighted by Gasteiger charge is 2.15. The van der Waals surface area contributed by atoms with Crippen molar-refractivity contribution in [2.24, 2.45) is 5.92 Å². The highest BCUT2D eigenvalue weighted by Crippen LogP contribution is 2.35. The van der Waals surface area contributed by atoms with Gasteiger partial charge < -0.3 is 9.47 Å². The van der Waals surface area contributed by atoms with Gasteiger partial charge in [-0.3, -0.25) is 0 Å². The van der Waals surface area contributed by atoms with E-state index in [1.165, 1.54) is 0 Å². The molecule has 0 spiro atoms. The fourth-order valence-corrected chi connectivity index (χ4v) is 3.28. The molecule has 1 atom stereocenters. The minimum absolute atomic E-state index is 0.395. The lowest BCUT2D eigenvalue weighted by atomic mass is 10.0. The van der Waals surface area contributed by atoms with Crippen molar-refractivity contribution in [3.05, 3.63) is 54.6 Å². The van der Waals surface area contributed by atoms with Crippen molar-refractivity contribution in [1.29, 1.82) is 0 Å². The van der Waals surface area contributed by atoms with Crippen LogP contribution in [0.2, 0.25) is 0 Å². The Labute approximate surface area is 154 Å². The minimum atomic E-state index is -0.624. The highest BCUT2D eigenvalue weighted by molar-refractivity contribution is 6.06. The molecule has 0 fully saturated rings. The third kappa shape index (κ3) is 4.16. The molecule has 3 aromatic carbocycles. The van der Waals surface area contributed by atoms with Gasteiger partial charge in [0.2, 0.25) is 0 Å². The van der Waals surface area contributed by atoms with Gasteiger partial charge in [-0.25, -0.2) is 4.79 Å². The molecule has 26 heavy (non-hydrogen) atoms. The molecule has 0 aliphatic heterocycles. The number of benzene rings is 3. The van der Waals surface area contributed by atoms with Crippen molar-refractivity contribution in [2.45, 2.75) is 39.5 Å². The van der Waals surface area contributed by atoms with Gasteiger partial charge in [0.05, 0.1) is 6.61 Å². The van der Waals surface area contributed by atoms with Gasteiger partial charge in [-0.2, -0.15) is 0 Å². The van der Waals surface area contributed by atoms with E-state index >= 15 is 0 Å². The molecule has 3 nitrogen and oxygen atoms in total. The number of rotatable bonds is 7. The standard InChI is InChI=1S/C23H26O3/c1-3-5-10-17(4-2)16-25-23(24)26-22-20-13-8-6-11-18(20)15-19-12-7-9-14-21(19)22/h6-9,11-15,17H,3-5,10,16H2,1-2H3. The van der Waals surface area contributed by atoms with Crippen LogP contribution in [0.3, 0.4) is 0 Å². The fourth-order valence-electron chi connectivity index (χ4n) is 3.28. The smallest absolute Gasteiger partial charge is 0.434 e. The van der Waals surface area contributed by atoms with E-state index < -0.39 is 6.16 Å². The summed E-state index contributed by atoms with van der Waals surface area (Å²) in [6.07, 6.45) is 3.77. The second kappa shape index (κ2) is 8.70. The van der Waals surface area contributed by atoms with Crippen LogP contribution in [0.4, 0.5) is 4.79 Å². The Bertz CT molecular complexity index is 831. The van der Waals surface area contributed by atoms with Crippen LogP contribution in [0.25, 0.3) is 21.5 Å². The molecule has 0 bridgehead atoms. The van der Waals surface area contributed by atoms with E-state index in [0.717, 1.165) is 47.2 Å². The van der Waals surface area contributed by atoms with E-state index in [-0.39, 0.29) is 0 Å². The van der Waals surface area contributed by atoms with Crippen molar-refractivity contribution in [1.82, 2.24) is 0 Å². The van der Waals surface area contributed by atoms with Gasteiger partial charge in [0.25, 0.3) is 0 Å². The summed E-state index contributed by atoms with van der Waals surface area (Å²) in [5, 5.41) is 3.93. The van der Waals surface area contributed by atoms with Crippen LogP contribution in [0.1, 0.15) is 39.5 Å². The predicted octanol–water partition coefficient (Wildman–Crippen LogP) is 6.72. The lowest BCUT2D eigenvalue weighted by Gasteiger charge is -2.15. The normalized spacial score (nSPS) is 12.2. The lowest BCUT2D eigenvalue weighted by Crippen LogP contribution is -2.17. The van der Waals surface area contributed by atoms with E-state index in [2.05, 4.69) is 19.9 Å². The van der Waals surface area contributed by atoms with Crippen LogP contribution in [0.15, 0.2) is 54.6 Å². The van der Waals surface area contributed by atoms with E-state index in [0.29, 0.717) is 18.3 Å². The second-order valence-electron chi connectivity index (χ2n) is 6.73. The highest BCUT2D eigenvalue weighted by atomic mass is 16.7. The maximum absolute atomic E-state index is 12.3. The average molecular weight is 350 g/mol. The topological polar surface area (TPSA) is 35.5 Å². The van der Waals surface area contributed by atoms with Gasteiger partial charge in [-0.15, -0.1) is 0 Å². The second-order valence-corrected chi connectivity index (χ2v) is 6.73. The Morgan fingerprint density at radius 3 is 2.15 bits per heavy atom. The van der Waals surface area contributed by atoms with E-state index in [1.54, 1.807) is 0 Å². The van der Waals surface area contributed by atoms with Crippen LogP contribution < -0.4 is 4.74 Å². The summed E-state index contributed by atoms with van der Waals surface area (Å²) >= 11 is 0. The number of ether oxygens (including phenoxy) is 2. The van der Waals surface area contributed by atoms with Crippen molar-refractivity contribution in [2.75, 3.05) is 6.61 Å². The molecule has 0 aliphatic rings. The van der Waals surface area contributed by atoms with Crippen molar-refractivity contribution in [3.8, 4) is 5.75 Å². The van der Waals surface area contributed by atoms with Gasteiger partial charge in [0, 0.05) is 10.8 Å². The Morgan fingerprint density at radius 1 is 0.962 bits per heavy atom. The molecule has 3 rings (SSSR count). The minimum Gasteiger partial charge on any atom is -0.434 e. The summed E-state index contributed by atoms with van der Waals surface area (Å²) in [4.78, 5) is 12.3. The third-order valence-corrected chi connectivity index (χ3v) is 4.89. The zero-order valence-electron chi connectivity index (χ0n) is 15.5. The summed E-state index contributed by atoms with van der Waals surface area (Å²) in [5.74, 6) is 0.970. The molecular weight excluding hydrogens is 324 g/mol. The molecule has 0 saturated heterocycles. The van der Waals surface area contributed by atoms with Gasteiger partial charge >= 0.3 is 6.16 Å². The number of unbranched alkanes of at least 4 members (excludes halogenated alkanes) is 1. The summed E-state index contributed by atoms with van der Waals surface area (Å²) in [5.41, 5.74) is 0. The maximum atomic E-state index is 12.3. The molecule has 0 aliphatic carbocycles. The molecule has 1 unspecified atom stereocenters. The first-order chi connectivity index (χ1) is 12.7. The van der Waals surface area contributed by atoms with E-state index in [9.17, 15) is 4.79 Å². The molecule has 0 N–H and O–H groups in total. The zero-order valence-corrected chi connectivity index (χ0v) is 15.5. The molecule has 3 heteroatoms. The monoisotopic (exact) mass is 350 g/mol. The maximum Gasteiger partial charge on any atom is 0.513 e. The number of fused-ring (bicyclic) bond motifs is 2. The van der Waals surface area contributed by atoms with Crippen molar-refractivity contribution >= 4 is 27.7 Å². The molecule has 0 aromatic heterocycles. The van der Waals surface area contributed by atoms with E-state index in [1.807, 2.05) is 48.5 Å². The summed E-state index contributed by atoms with van der Waals surface area (Å²) in [7, 11) is 0. The third-order valence-electron chi connectivity index (χ3n) is 4.89. The van der Waals surface area contributed by atoms with E-state index in [4.69, 9.17) is 9.47 Å². The molecule has 0 saturated carbocycles.